The van der Waals surface area contributed by atoms with Gasteiger partial charge in [0.05, 0.1) is 11.5 Å². The summed E-state index contributed by atoms with van der Waals surface area (Å²) in [5.74, 6) is 1.46. The van der Waals surface area contributed by atoms with Crippen LogP contribution in [0.1, 0.15) is 26.0 Å². The molecule has 1 saturated heterocycles. The van der Waals surface area contributed by atoms with Crippen molar-refractivity contribution in [2.75, 3.05) is 50.7 Å². The van der Waals surface area contributed by atoms with Crippen LogP contribution in [0.15, 0.2) is 30.3 Å². The van der Waals surface area contributed by atoms with E-state index >= 15 is 0 Å². The third-order valence-electron chi connectivity index (χ3n) is 5.54. The van der Waals surface area contributed by atoms with Crippen LogP contribution in [0.25, 0.3) is 11.4 Å². The molecule has 0 bridgehead atoms. The maximum Gasteiger partial charge on any atom is 0.270 e. The van der Waals surface area contributed by atoms with E-state index in [4.69, 9.17) is 4.98 Å². The van der Waals surface area contributed by atoms with E-state index in [1.807, 2.05) is 31.7 Å². The lowest BCUT2D eigenvalue weighted by Gasteiger charge is -2.25. The van der Waals surface area contributed by atoms with Gasteiger partial charge in [-0.2, -0.15) is 0 Å². The molecular weight excluding hydrogens is 396 g/mol. The van der Waals surface area contributed by atoms with Crippen LogP contribution in [-0.4, -0.2) is 76.4 Å². The molecule has 9 heteroatoms. The van der Waals surface area contributed by atoms with Crippen molar-refractivity contribution in [2.45, 2.75) is 27.2 Å². The lowest BCUT2D eigenvalue weighted by molar-refractivity contribution is -0.384. The van der Waals surface area contributed by atoms with Crippen LogP contribution in [-0.2, 0) is 4.79 Å². The highest BCUT2D eigenvalue weighted by molar-refractivity contribution is 5.78. The number of carbonyl (C=O) groups is 1. The van der Waals surface area contributed by atoms with Gasteiger partial charge in [-0.1, -0.05) is 12.1 Å². The van der Waals surface area contributed by atoms with Crippen molar-refractivity contribution < 1.29 is 9.72 Å². The SMILES string of the molecule is CCN(CC)C(=O)CN1CCCN(c2cc(C)nc(-c3cccc([N+](=O)[O-])c3)n2)CC1. The fourth-order valence-corrected chi connectivity index (χ4v) is 3.83. The van der Waals surface area contributed by atoms with Crippen LogP contribution in [0.4, 0.5) is 11.5 Å². The largest absolute Gasteiger partial charge is 0.355 e. The Morgan fingerprint density at radius 1 is 1.13 bits per heavy atom. The third kappa shape index (κ3) is 5.75. The van der Waals surface area contributed by atoms with Crippen molar-refractivity contribution in [3.05, 3.63) is 46.1 Å². The number of nitro benzene ring substituents is 1. The highest BCUT2D eigenvalue weighted by Gasteiger charge is 2.21. The first kappa shape index (κ1) is 22.6. The first-order chi connectivity index (χ1) is 14.9. The van der Waals surface area contributed by atoms with Gasteiger partial charge in [0.1, 0.15) is 5.82 Å². The smallest absolute Gasteiger partial charge is 0.270 e. The van der Waals surface area contributed by atoms with Gasteiger partial charge in [-0.3, -0.25) is 19.8 Å². The predicted octanol–water partition coefficient (Wildman–Crippen LogP) is 2.74. The van der Waals surface area contributed by atoms with Gasteiger partial charge < -0.3 is 9.80 Å². The van der Waals surface area contributed by atoms with Crippen LogP contribution >= 0.6 is 0 Å². The van der Waals surface area contributed by atoms with E-state index in [0.29, 0.717) is 17.9 Å². The van der Waals surface area contributed by atoms with Gasteiger partial charge in [-0.15, -0.1) is 0 Å². The first-order valence-electron chi connectivity index (χ1n) is 10.8. The number of hydrogen-bond acceptors (Lipinski definition) is 7. The summed E-state index contributed by atoms with van der Waals surface area (Å²) in [5.41, 5.74) is 1.46. The number of likely N-dealkylation sites (N-methyl/N-ethyl adjacent to an activating group) is 1. The molecule has 2 heterocycles. The summed E-state index contributed by atoms with van der Waals surface area (Å²) in [6.07, 6.45) is 0.931. The Bertz CT molecular complexity index is 931. The van der Waals surface area contributed by atoms with Crippen molar-refractivity contribution in [3.8, 4) is 11.4 Å². The summed E-state index contributed by atoms with van der Waals surface area (Å²) in [6, 6.07) is 8.34. The lowest BCUT2D eigenvalue weighted by atomic mass is 10.2. The molecule has 1 aliphatic heterocycles. The normalized spacial score (nSPS) is 14.9. The Labute approximate surface area is 182 Å². The highest BCUT2D eigenvalue weighted by Crippen LogP contribution is 2.24. The molecule has 166 valence electrons. The summed E-state index contributed by atoms with van der Waals surface area (Å²) in [5, 5.41) is 11.1. The highest BCUT2D eigenvalue weighted by atomic mass is 16.6. The molecule has 0 atom stereocenters. The van der Waals surface area contributed by atoms with Crippen molar-refractivity contribution in [1.29, 1.82) is 0 Å². The van der Waals surface area contributed by atoms with Crippen molar-refractivity contribution in [2.24, 2.45) is 0 Å². The quantitative estimate of drug-likeness (QED) is 0.496. The second-order valence-electron chi connectivity index (χ2n) is 7.68. The Balaban J connectivity index is 1.74. The molecule has 1 amide bonds. The number of aryl methyl sites for hydroxylation is 1. The number of non-ortho nitro benzene ring substituents is 1. The molecule has 0 unspecified atom stereocenters. The van der Waals surface area contributed by atoms with E-state index in [-0.39, 0.29) is 11.6 Å². The zero-order chi connectivity index (χ0) is 22.4. The second-order valence-corrected chi connectivity index (χ2v) is 7.68. The Hall–Kier alpha value is -3.07. The van der Waals surface area contributed by atoms with E-state index in [9.17, 15) is 14.9 Å². The fourth-order valence-electron chi connectivity index (χ4n) is 3.83. The minimum atomic E-state index is -0.414. The van der Waals surface area contributed by atoms with E-state index in [1.165, 1.54) is 12.1 Å². The van der Waals surface area contributed by atoms with Crippen LogP contribution in [0.2, 0.25) is 0 Å². The van der Waals surface area contributed by atoms with Crippen molar-refractivity contribution in [3.63, 3.8) is 0 Å². The Morgan fingerprint density at radius 2 is 1.90 bits per heavy atom. The molecule has 1 aromatic heterocycles. The summed E-state index contributed by atoms with van der Waals surface area (Å²) >= 11 is 0. The van der Waals surface area contributed by atoms with Gasteiger partial charge >= 0.3 is 0 Å². The van der Waals surface area contributed by atoms with Crippen LogP contribution in [0.3, 0.4) is 0 Å². The maximum atomic E-state index is 12.5. The standard InChI is InChI=1S/C22H30N6O3/c1-4-26(5-2)21(29)16-25-10-7-11-27(13-12-25)20-14-17(3)23-22(24-20)18-8-6-9-19(15-18)28(30)31/h6,8-9,14-15H,4-5,7,10-13,16H2,1-3H3. The summed E-state index contributed by atoms with van der Waals surface area (Å²) < 4.78 is 0. The van der Waals surface area contributed by atoms with Crippen molar-refractivity contribution >= 4 is 17.4 Å². The molecule has 31 heavy (non-hydrogen) atoms. The van der Waals surface area contributed by atoms with Gasteiger partial charge in [0, 0.05) is 68.7 Å². The van der Waals surface area contributed by atoms with E-state index in [1.54, 1.807) is 12.1 Å². The molecule has 2 aromatic rings. The number of hydrogen-bond donors (Lipinski definition) is 0. The van der Waals surface area contributed by atoms with Gasteiger partial charge in [-0.05, 0) is 27.2 Å². The van der Waals surface area contributed by atoms with E-state index < -0.39 is 4.92 Å². The molecule has 0 radical (unpaired) electrons. The number of benzene rings is 1. The topological polar surface area (TPSA) is 95.7 Å². The second kappa shape index (κ2) is 10.3. The van der Waals surface area contributed by atoms with Gasteiger partial charge in [0.25, 0.3) is 5.69 Å². The minimum absolute atomic E-state index is 0.0208. The molecule has 0 aliphatic carbocycles. The summed E-state index contributed by atoms with van der Waals surface area (Å²) in [7, 11) is 0. The minimum Gasteiger partial charge on any atom is -0.355 e. The van der Waals surface area contributed by atoms with E-state index in [2.05, 4.69) is 14.8 Å². The number of amides is 1. The molecule has 1 aliphatic rings. The Kier molecular flexibility index (Phi) is 7.51. The molecule has 1 fully saturated rings. The fraction of sp³-hybridized carbons (Fsp3) is 0.500. The average molecular weight is 427 g/mol. The summed E-state index contributed by atoms with van der Waals surface area (Å²) in [6.45, 7) is 11.1. The van der Waals surface area contributed by atoms with E-state index in [0.717, 1.165) is 57.2 Å². The van der Waals surface area contributed by atoms with Crippen LogP contribution < -0.4 is 4.90 Å². The number of aromatic nitrogens is 2. The lowest BCUT2D eigenvalue weighted by Crippen LogP contribution is -2.41. The third-order valence-corrected chi connectivity index (χ3v) is 5.54. The maximum absolute atomic E-state index is 12.5. The molecular formula is C22H30N6O3. The predicted molar refractivity (Wildman–Crippen MR) is 120 cm³/mol. The molecule has 0 saturated carbocycles. The number of nitro groups is 1. The summed E-state index contributed by atoms with van der Waals surface area (Å²) in [4.78, 5) is 38.6. The van der Waals surface area contributed by atoms with Crippen molar-refractivity contribution in [1.82, 2.24) is 19.8 Å². The molecule has 0 spiro atoms. The average Bonchev–Trinajstić information content (AvgIpc) is 3.00. The Morgan fingerprint density at radius 3 is 2.61 bits per heavy atom. The zero-order valence-electron chi connectivity index (χ0n) is 18.5. The molecule has 9 nitrogen and oxygen atoms in total. The van der Waals surface area contributed by atoms with Crippen LogP contribution in [0, 0.1) is 17.0 Å². The number of carbonyl (C=O) groups excluding carboxylic acids is 1. The molecule has 0 N–H and O–H groups in total. The zero-order valence-corrected chi connectivity index (χ0v) is 18.5. The first-order valence-corrected chi connectivity index (χ1v) is 10.8. The van der Waals surface area contributed by atoms with Gasteiger partial charge in [0.15, 0.2) is 5.82 Å². The molecule has 1 aromatic carbocycles. The monoisotopic (exact) mass is 426 g/mol. The van der Waals surface area contributed by atoms with Gasteiger partial charge in [0.2, 0.25) is 5.91 Å². The molecule has 3 rings (SSSR count). The number of rotatable bonds is 7. The van der Waals surface area contributed by atoms with Crippen LogP contribution in [0.5, 0.6) is 0 Å². The number of anilines is 1. The number of nitrogens with zero attached hydrogens (tertiary/aromatic N) is 6. The van der Waals surface area contributed by atoms with Gasteiger partial charge in [-0.25, -0.2) is 9.97 Å².